The van der Waals surface area contributed by atoms with E-state index in [0.29, 0.717) is 6.61 Å². The number of rotatable bonds is 5. The van der Waals surface area contributed by atoms with Gasteiger partial charge in [0.1, 0.15) is 12.4 Å². The van der Waals surface area contributed by atoms with Crippen LogP contribution in [-0.4, -0.2) is 27.1 Å². The molecular weight excluding hydrogens is 216 g/mol. The van der Waals surface area contributed by atoms with E-state index < -0.39 is 0 Å². The van der Waals surface area contributed by atoms with Crippen LogP contribution in [0.1, 0.15) is 26.3 Å². The zero-order valence-electron chi connectivity index (χ0n) is 11.3. The van der Waals surface area contributed by atoms with E-state index in [2.05, 4.69) is 26.8 Å². The van der Waals surface area contributed by atoms with E-state index in [9.17, 15) is 0 Å². The third-order valence-electron chi connectivity index (χ3n) is 2.60. The van der Waals surface area contributed by atoms with Crippen LogP contribution in [0.2, 0.25) is 0 Å². The van der Waals surface area contributed by atoms with Gasteiger partial charge in [0.25, 0.3) is 0 Å². The molecule has 0 fully saturated rings. The Hall–Kier alpha value is -1.06. The minimum Gasteiger partial charge on any atom is -0.488 e. The van der Waals surface area contributed by atoms with Crippen LogP contribution in [0.5, 0.6) is 5.75 Å². The minimum atomic E-state index is -0.331. The molecule has 17 heavy (non-hydrogen) atoms. The minimum absolute atomic E-state index is 0.0617. The lowest BCUT2D eigenvalue weighted by Crippen LogP contribution is -2.23. The van der Waals surface area contributed by atoms with Crippen LogP contribution in [0.3, 0.4) is 0 Å². The number of hydrogen-bond donors (Lipinski definition) is 0. The quantitative estimate of drug-likeness (QED) is 0.738. The Bertz CT molecular complexity index is 338. The maximum Gasteiger partial charge on any atom is 0.191 e. The second-order valence-electron chi connectivity index (χ2n) is 4.96. The third-order valence-corrected chi connectivity index (χ3v) is 2.60. The van der Waals surface area contributed by atoms with Gasteiger partial charge in [0.15, 0.2) is 6.29 Å². The lowest BCUT2D eigenvalue weighted by Gasteiger charge is -2.23. The van der Waals surface area contributed by atoms with Crippen molar-refractivity contribution in [2.24, 2.45) is 0 Å². The van der Waals surface area contributed by atoms with Gasteiger partial charge in [0, 0.05) is 14.2 Å². The first-order chi connectivity index (χ1) is 7.99. The standard InChI is InChI=1S/C14H22O3/c1-14(2,3)11-8-6-7-9-12(11)17-10-13(15-4)16-5/h6-9,13H,10H2,1-5H3. The third kappa shape index (κ3) is 4.02. The van der Waals surface area contributed by atoms with Crippen LogP contribution in [0.25, 0.3) is 0 Å². The van der Waals surface area contributed by atoms with E-state index in [1.165, 1.54) is 5.56 Å². The molecule has 96 valence electrons. The molecule has 1 rings (SSSR count). The topological polar surface area (TPSA) is 27.7 Å². The number of para-hydroxylation sites is 1. The summed E-state index contributed by atoms with van der Waals surface area (Å²) in [4.78, 5) is 0. The van der Waals surface area contributed by atoms with Gasteiger partial charge in [-0.3, -0.25) is 0 Å². The van der Waals surface area contributed by atoms with Crippen molar-refractivity contribution in [3.63, 3.8) is 0 Å². The highest BCUT2D eigenvalue weighted by atomic mass is 16.7. The summed E-state index contributed by atoms with van der Waals surface area (Å²) in [7, 11) is 3.21. The lowest BCUT2D eigenvalue weighted by molar-refractivity contribution is -0.122. The van der Waals surface area contributed by atoms with Gasteiger partial charge in [-0.05, 0) is 17.0 Å². The fourth-order valence-corrected chi connectivity index (χ4v) is 1.60. The Morgan fingerprint density at radius 1 is 1.06 bits per heavy atom. The molecule has 0 saturated heterocycles. The average Bonchev–Trinajstić information content (AvgIpc) is 2.29. The molecule has 1 aromatic rings. The molecule has 0 aliphatic heterocycles. The van der Waals surface area contributed by atoms with Gasteiger partial charge in [0.05, 0.1) is 0 Å². The Kier molecular flexibility index (Phi) is 4.97. The smallest absolute Gasteiger partial charge is 0.191 e. The monoisotopic (exact) mass is 238 g/mol. The van der Waals surface area contributed by atoms with Gasteiger partial charge in [0.2, 0.25) is 0 Å². The zero-order chi connectivity index (χ0) is 12.9. The normalized spacial score (nSPS) is 11.9. The van der Waals surface area contributed by atoms with Gasteiger partial charge in [-0.1, -0.05) is 39.0 Å². The van der Waals surface area contributed by atoms with Crippen molar-refractivity contribution < 1.29 is 14.2 Å². The van der Waals surface area contributed by atoms with Crippen LogP contribution in [0.15, 0.2) is 24.3 Å². The number of benzene rings is 1. The Morgan fingerprint density at radius 2 is 1.65 bits per heavy atom. The highest BCUT2D eigenvalue weighted by Gasteiger charge is 2.19. The molecule has 0 aromatic heterocycles. The highest BCUT2D eigenvalue weighted by molar-refractivity contribution is 5.38. The number of hydrogen-bond acceptors (Lipinski definition) is 3. The molecule has 3 heteroatoms. The predicted molar refractivity (Wildman–Crippen MR) is 68.4 cm³/mol. The first-order valence-electron chi connectivity index (χ1n) is 5.77. The summed E-state index contributed by atoms with van der Waals surface area (Å²) in [6.07, 6.45) is -0.331. The van der Waals surface area contributed by atoms with Gasteiger partial charge in [-0.25, -0.2) is 0 Å². The summed E-state index contributed by atoms with van der Waals surface area (Å²) in [6, 6.07) is 8.06. The van der Waals surface area contributed by atoms with E-state index in [1.54, 1.807) is 14.2 Å². The van der Waals surface area contributed by atoms with Gasteiger partial charge in [-0.15, -0.1) is 0 Å². The molecule has 0 N–H and O–H groups in total. The molecule has 0 spiro atoms. The van der Waals surface area contributed by atoms with Crippen LogP contribution in [-0.2, 0) is 14.9 Å². The fraction of sp³-hybridized carbons (Fsp3) is 0.571. The van der Waals surface area contributed by atoms with Gasteiger partial charge in [-0.2, -0.15) is 0 Å². The van der Waals surface area contributed by atoms with E-state index >= 15 is 0 Å². The summed E-state index contributed by atoms with van der Waals surface area (Å²) in [5.41, 5.74) is 1.25. The lowest BCUT2D eigenvalue weighted by atomic mass is 9.86. The van der Waals surface area contributed by atoms with E-state index in [1.807, 2.05) is 18.2 Å². The first-order valence-corrected chi connectivity index (χ1v) is 5.77. The Balaban J connectivity index is 2.77. The molecule has 0 atom stereocenters. The van der Waals surface area contributed by atoms with Crippen LogP contribution in [0.4, 0.5) is 0 Å². The maximum atomic E-state index is 5.76. The van der Waals surface area contributed by atoms with E-state index in [4.69, 9.17) is 14.2 Å². The summed E-state index contributed by atoms with van der Waals surface area (Å²) < 4.78 is 16.0. The summed E-state index contributed by atoms with van der Waals surface area (Å²) in [6.45, 7) is 6.89. The number of ether oxygens (including phenoxy) is 3. The average molecular weight is 238 g/mol. The molecule has 0 aliphatic rings. The summed E-state index contributed by atoms with van der Waals surface area (Å²) >= 11 is 0. The molecule has 1 aromatic carbocycles. The van der Waals surface area contributed by atoms with Crippen LogP contribution in [0, 0.1) is 0 Å². The highest BCUT2D eigenvalue weighted by Crippen LogP contribution is 2.30. The molecule has 3 nitrogen and oxygen atoms in total. The Labute approximate surface area is 104 Å². The summed E-state index contributed by atoms with van der Waals surface area (Å²) in [5.74, 6) is 0.888. The van der Waals surface area contributed by atoms with Crippen LogP contribution >= 0.6 is 0 Å². The maximum absolute atomic E-state index is 5.76. The number of methoxy groups -OCH3 is 2. The van der Waals surface area contributed by atoms with Crippen molar-refractivity contribution in [1.82, 2.24) is 0 Å². The molecule has 0 saturated carbocycles. The molecule has 0 bridgehead atoms. The molecule has 0 amide bonds. The summed E-state index contributed by atoms with van der Waals surface area (Å²) in [5, 5.41) is 0. The first kappa shape index (κ1) is 14.0. The molecule has 0 radical (unpaired) electrons. The van der Waals surface area contributed by atoms with Crippen molar-refractivity contribution >= 4 is 0 Å². The second-order valence-corrected chi connectivity index (χ2v) is 4.96. The molecule has 0 heterocycles. The van der Waals surface area contributed by atoms with Crippen molar-refractivity contribution in [3.8, 4) is 5.75 Å². The van der Waals surface area contributed by atoms with Crippen molar-refractivity contribution in [2.75, 3.05) is 20.8 Å². The largest absolute Gasteiger partial charge is 0.488 e. The molecule has 0 aliphatic carbocycles. The molecular formula is C14H22O3. The van der Waals surface area contributed by atoms with Crippen LogP contribution < -0.4 is 4.74 Å². The van der Waals surface area contributed by atoms with Crippen molar-refractivity contribution in [3.05, 3.63) is 29.8 Å². The fourth-order valence-electron chi connectivity index (χ4n) is 1.60. The van der Waals surface area contributed by atoms with Crippen molar-refractivity contribution in [1.29, 1.82) is 0 Å². The predicted octanol–water partition coefficient (Wildman–Crippen LogP) is 2.98. The van der Waals surface area contributed by atoms with Gasteiger partial charge < -0.3 is 14.2 Å². The van der Waals surface area contributed by atoms with Crippen molar-refractivity contribution in [2.45, 2.75) is 32.5 Å². The Morgan fingerprint density at radius 3 is 2.18 bits per heavy atom. The second kappa shape index (κ2) is 6.03. The molecule has 0 unspecified atom stereocenters. The zero-order valence-corrected chi connectivity index (χ0v) is 11.3. The SMILES string of the molecule is COC(COc1ccccc1C(C)(C)C)OC. The van der Waals surface area contributed by atoms with E-state index in [-0.39, 0.29) is 11.7 Å². The van der Waals surface area contributed by atoms with E-state index in [0.717, 1.165) is 5.75 Å². The van der Waals surface area contributed by atoms with Gasteiger partial charge >= 0.3 is 0 Å².